The van der Waals surface area contributed by atoms with Crippen molar-refractivity contribution in [2.24, 2.45) is 5.92 Å². The van der Waals surface area contributed by atoms with Gasteiger partial charge < -0.3 is 5.32 Å². The van der Waals surface area contributed by atoms with Gasteiger partial charge in [0, 0.05) is 16.5 Å². The summed E-state index contributed by atoms with van der Waals surface area (Å²) in [6.07, 6.45) is 5.00. The van der Waals surface area contributed by atoms with E-state index >= 15 is 0 Å². The predicted molar refractivity (Wildman–Crippen MR) is 98.6 cm³/mol. The first-order valence-corrected chi connectivity index (χ1v) is 8.99. The Morgan fingerprint density at radius 3 is 2.88 bits per heavy atom. The van der Waals surface area contributed by atoms with E-state index in [4.69, 9.17) is 11.6 Å². The fourth-order valence-electron chi connectivity index (χ4n) is 3.81. The molecule has 7 heteroatoms. The Hall–Kier alpha value is -1.92. The molecule has 0 saturated heterocycles. The van der Waals surface area contributed by atoms with Gasteiger partial charge in [-0.3, -0.25) is 10.1 Å². The Balaban J connectivity index is 1.82. The fourth-order valence-corrected chi connectivity index (χ4v) is 4.45. The molecule has 1 N–H and O–H groups in total. The second-order valence-corrected chi connectivity index (χ2v) is 7.62. The summed E-state index contributed by atoms with van der Waals surface area (Å²) in [7, 11) is 0. The third-order valence-corrected chi connectivity index (χ3v) is 5.69. The van der Waals surface area contributed by atoms with E-state index in [0.29, 0.717) is 10.2 Å². The maximum absolute atomic E-state index is 14.5. The van der Waals surface area contributed by atoms with Crippen LogP contribution in [0.3, 0.4) is 0 Å². The molecule has 4 nitrogen and oxygen atoms in total. The first-order chi connectivity index (χ1) is 12.0. The summed E-state index contributed by atoms with van der Waals surface area (Å²) in [5, 5.41) is 14.6. The monoisotopic (exact) mass is 422 g/mol. The molecular formula is C18H13BrClFN2O2. The van der Waals surface area contributed by atoms with Crippen molar-refractivity contribution >= 4 is 38.9 Å². The molecule has 0 saturated carbocycles. The fraction of sp³-hybridized carbons (Fsp3) is 0.222. The first kappa shape index (κ1) is 16.5. The van der Waals surface area contributed by atoms with Crippen LogP contribution in [0.15, 0.2) is 47.0 Å². The molecule has 0 radical (unpaired) electrons. The van der Waals surface area contributed by atoms with Gasteiger partial charge in [0.05, 0.1) is 16.7 Å². The lowest BCUT2D eigenvalue weighted by molar-refractivity contribution is -0.384. The number of hydrogen-bond donors (Lipinski definition) is 1. The highest BCUT2D eigenvalue weighted by atomic mass is 79.9. The standard InChI is InChI=1S/C18H13BrClFN2O2/c19-10-7-13-11-2-1-3-12(11)17(22-18(13)15(21)8-10)9-4-5-14(20)16(6-9)23(24)25/h1-2,4-8,11-12,17,22H,3H2/t11-,12+,17-/m0/s1. The lowest BCUT2D eigenvalue weighted by atomic mass is 9.77. The van der Waals surface area contributed by atoms with Crippen LogP contribution in [-0.4, -0.2) is 4.92 Å². The number of halogens is 3. The van der Waals surface area contributed by atoms with Crippen LogP contribution < -0.4 is 5.32 Å². The lowest BCUT2D eigenvalue weighted by Crippen LogP contribution is -2.29. The van der Waals surface area contributed by atoms with Crippen LogP contribution in [-0.2, 0) is 0 Å². The molecule has 128 valence electrons. The molecule has 0 unspecified atom stereocenters. The van der Waals surface area contributed by atoms with E-state index in [1.807, 2.05) is 6.07 Å². The summed E-state index contributed by atoms with van der Waals surface area (Å²) >= 11 is 9.28. The number of allylic oxidation sites excluding steroid dienone is 2. The van der Waals surface area contributed by atoms with E-state index in [-0.39, 0.29) is 34.4 Å². The summed E-state index contributed by atoms with van der Waals surface area (Å²) in [6.45, 7) is 0. The zero-order valence-corrected chi connectivity index (χ0v) is 15.2. The van der Waals surface area contributed by atoms with Gasteiger partial charge in [-0.2, -0.15) is 0 Å². The minimum Gasteiger partial charge on any atom is -0.375 e. The van der Waals surface area contributed by atoms with Crippen molar-refractivity contribution in [3.63, 3.8) is 0 Å². The van der Waals surface area contributed by atoms with E-state index in [1.165, 1.54) is 18.2 Å². The molecule has 0 fully saturated rings. The smallest absolute Gasteiger partial charge is 0.288 e. The highest BCUT2D eigenvalue weighted by Gasteiger charge is 2.39. The highest BCUT2D eigenvalue weighted by Crippen LogP contribution is 2.51. The van der Waals surface area contributed by atoms with Crippen LogP contribution in [0.25, 0.3) is 0 Å². The minimum absolute atomic E-state index is 0.0722. The summed E-state index contributed by atoms with van der Waals surface area (Å²) < 4.78 is 15.2. The number of nitrogens with one attached hydrogen (secondary N) is 1. The second kappa shape index (κ2) is 6.11. The average molecular weight is 424 g/mol. The minimum atomic E-state index is -0.495. The van der Waals surface area contributed by atoms with Crippen LogP contribution in [0.1, 0.15) is 29.5 Å². The molecule has 0 amide bonds. The van der Waals surface area contributed by atoms with Crippen molar-refractivity contribution in [3.8, 4) is 0 Å². The van der Waals surface area contributed by atoms with E-state index in [2.05, 4.69) is 33.4 Å². The molecule has 4 rings (SSSR count). The van der Waals surface area contributed by atoms with Crippen molar-refractivity contribution in [2.45, 2.75) is 18.4 Å². The summed E-state index contributed by atoms with van der Waals surface area (Å²) in [4.78, 5) is 10.7. The van der Waals surface area contributed by atoms with E-state index < -0.39 is 4.92 Å². The zero-order chi connectivity index (χ0) is 17.7. The third-order valence-electron chi connectivity index (χ3n) is 4.91. The van der Waals surface area contributed by atoms with Gasteiger partial charge in [-0.15, -0.1) is 0 Å². The number of benzene rings is 2. The van der Waals surface area contributed by atoms with Gasteiger partial charge >= 0.3 is 0 Å². The number of nitro benzene ring substituents is 1. The van der Waals surface area contributed by atoms with Crippen LogP contribution in [0.4, 0.5) is 15.8 Å². The van der Waals surface area contributed by atoms with Gasteiger partial charge in [0.25, 0.3) is 5.69 Å². The number of fused-ring (bicyclic) bond motifs is 3. The van der Waals surface area contributed by atoms with Gasteiger partial charge in [0.15, 0.2) is 0 Å². The average Bonchev–Trinajstić information content (AvgIpc) is 3.04. The van der Waals surface area contributed by atoms with Crippen molar-refractivity contribution in [1.82, 2.24) is 0 Å². The first-order valence-electron chi connectivity index (χ1n) is 7.81. The molecule has 1 aliphatic heterocycles. The molecule has 1 heterocycles. The van der Waals surface area contributed by atoms with Crippen LogP contribution in [0.5, 0.6) is 0 Å². The van der Waals surface area contributed by atoms with Crippen molar-refractivity contribution < 1.29 is 9.31 Å². The number of rotatable bonds is 2. The Kier molecular flexibility index (Phi) is 4.04. The van der Waals surface area contributed by atoms with E-state index in [0.717, 1.165) is 17.5 Å². The highest BCUT2D eigenvalue weighted by molar-refractivity contribution is 9.10. The summed E-state index contributed by atoms with van der Waals surface area (Å²) in [5.74, 6) is -0.0958. The maximum atomic E-state index is 14.5. The normalized spacial score (nSPS) is 23.7. The molecule has 0 bridgehead atoms. The Morgan fingerprint density at radius 2 is 2.12 bits per heavy atom. The Labute approximate surface area is 157 Å². The molecular weight excluding hydrogens is 411 g/mol. The molecule has 3 atom stereocenters. The summed E-state index contributed by atoms with van der Waals surface area (Å²) in [5.41, 5.74) is 1.97. The molecule has 0 spiro atoms. The van der Waals surface area contributed by atoms with Crippen LogP contribution in [0, 0.1) is 21.8 Å². The van der Waals surface area contributed by atoms with Crippen molar-refractivity contribution in [3.05, 3.63) is 79.0 Å². The zero-order valence-electron chi connectivity index (χ0n) is 12.9. The number of hydrogen-bond acceptors (Lipinski definition) is 3. The maximum Gasteiger partial charge on any atom is 0.288 e. The van der Waals surface area contributed by atoms with Gasteiger partial charge in [0.1, 0.15) is 10.8 Å². The molecule has 0 aromatic heterocycles. The van der Waals surface area contributed by atoms with E-state index in [9.17, 15) is 14.5 Å². The van der Waals surface area contributed by atoms with Gasteiger partial charge in [-0.25, -0.2) is 4.39 Å². The van der Waals surface area contributed by atoms with Crippen LogP contribution >= 0.6 is 27.5 Å². The van der Waals surface area contributed by atoms with Crippen LogP contribution in [0.2, 0.25) is 5.02 Å². The molecule has 2 aromatic rings. The molecule has 2 aromatic carbocycles. The van der Waals surface area contributed by atoms with Gasteiger partial charge in [-0.05, 0) is 41.7 Å². The van der Waals surface area contributed by atoms with Crippen molar-refractivity contribution in [2.75, 3.05) is 5.32 Å². The Morgan fingerprint density at radius 1 is 1.32 bits per heavy atom. The number of nitro groups is 1. The molecule has 2 aliphatic rings. The van der Waals surface area contributed by atoms with Crippen molar-refractivity contribution in [1.29, 1.82) is 0 Å². The third kappa shape index (κ3) is 2.73. The molecule has 25 heavy (non-hydrogen) atoms. The SMILES string of the molecule is O=[N+]([O-])c1cc([C@@H]2Nc3c(F)cc(Br)cc3[C@H]3C=CC[C@H]32)ccc1Cl. The topological polar surface area (TPSA) is 55.2 Å². The largest absolute Gasteiger partial charge is 0.375 e. The Bertz CT molecular complexity index is 918. The summed E-state index contributed by atoms with van der Waals surface area (Å²) in [6, 6.07) is 7.91. The molecule has 1 aliphatic carbocycles. The lowest BCUT2D eigenvalue weighted by Gasteiger charge is -2.37. The van der Waals surface area contributed by atoms with Gasteiger partial charge in [-0.1, -0.05) is 45.7 Å². The quantitative estimate of drug-likeness (QED) is 0.367. The number of anilines is 1. The number of nitrogens with zero attached hydrogens (tertiary/aromatic N) is 1. The predicted octanol–water partition coefficient (Wildman–Crippen LogP) is 5.98. The second-order valence-electron chi connectivity index (χ2n) is 6.30. The van der Waals surface area contributed by atoms with Gasteiger partial charge in [0.2, 0.25) is 0 Å². The van der Waals surface area contributed by atoms with E-state index in [1.54, 1.807) is 6.07 Å².